The number of carbonyl (C=O) groups is 1. The molecule has 0 unspecified atom stereocenters. The van der Waals surface area contributed by atoms with E-state index in [4.69, 9.17) is 9.84 Å². The Morgan fingerprint density at radius 3 is 1.46 bits per heavy atom. The lowest BCUT2D eigenvalue weighted by atomic mass is 10.0. The molecule has 0 amide bonds. The maximum atomic E-state index is 11.2. The molecule has 0 heterocycles. The third-order valence-corrected chi connectivity index (χ3v) is 4.34. The highest BCUT2D eigenvalue weighted by Crippen LogP contribution is 2.13. The van der Waals surface area contributed by atoms with E-state index < -0.39 is 0 Å². The summed E-state index contributed by atoms with van der Waals surface area (Å²) in [6, 6.07) is 0. The van der Waals surface area contributed by atoms with Crippen molar-refractivity contribution in [3.05, 3.63) is 0 Å². The number of hydrogen-bond acceptors (Lipinski definition) is 3. The van der Waals surface area contributed by atoms with Crippen LogP contribution in [0.15, 0.2) is 0 Å². The fraction of sp³-hybridized carbons (Fsp3) is 0.950. The van der Waals surface area contributed by atoms with Crippen LogP contribution >= 0.6 is 0 Å². The zero-order chi connectivity index (χ0) is 17.0. The van der Waals surface area contributed by atoms with Gasteiger partial charge in [-0.1, -0.05) is 96.8 Å². The van der Waals surface area contributed by atoms with Gasteiger partial charge in [0.05, 0.1) is 6.61 Å². The monoisotopic (exact) mass is 346 g/mol. The lowest BCUT2D eigenvalue weighted by Crippen LogP contribution is -2.07. The van der Waals surface area contributed by atoms with Crippen molar-refractivity contribution >= 4 is 5.97 Å². The largest absolute Gasteiger partial charge is 0.463 e. The summed E-state index contributed by atoms with van der Waals surface area (Å²) in [4.78, 5) is 11.2. The molecular weight excluding hydrogens is 304 g/mol. The van der Waals surface area contributed by atoms with Gasteiger partial charge >= 0.3 is 5.97 Å². The van der Waals surface area contributed by atoms with Crippen LogP contribution in [0.4, 0.5) is 0 Å². The second-order valence-electron chi connectivity index (χ2n) is 6.64. The van der Waals surface area contributed by atoms with E-state index in [1.807, 2.05) is 0 Å². The van der Waals surface area contributed by atoms with Gasteiger partial charge in [-0.3, -0.25) is 4.79 Å². The summed E-state index contributed by atoms with van der Waals surface area (Å²) in [5, 5.41) is 8.54. The molecule has 0 aliphatic rings. The minimum Gasteiger partial charge on any atom is -0.463 e. The first-order valence-corrected chi connectivity index (χ1v) is 10.1. The normalized spacial score (nSPS) is 10.4. The summed E-state index contributed by atoms with van der Waals surface area (Å²) in [7, 11) is 0. The molecule has 0 rings (SSSR count). The molecule has 0 atom stereocenters. The van der Waals surface area contributed by atoms with E-state index in [9.17, 15) is 4.79 Å². The second kappa shape index (κ2) is 22.4. The molecule has 0 aromatic heterocycles. The number of ether oxygens (including phenoxy) is 1. The van der Waals surface area contributed by atoms with Crippen molar-refractivity contribution < 1.29 is 20.1 Å². The van der Waals surface area contributed by atoms with E-state index in [2.05, 4.69) is 6.92 Å². The highest BCUT2D eigenvalue weighted by atomic mass is 16.5. The van der Waals surface area contributed by atoms with E-state index in [0.29, 0.717) is 6.42 Å². The van der Waals surface area contributed by atoms with E-state index in [0.717, 1.165) is 12.8 Å². The number of aliphatic hydroxyl groups is 1. The Morgan fingerprint density at radius 2 is 1.08 bits per heavy atom. The van der Waals surface area contributed by atoms with E-state index in [1.165, 1.54) is 83.5 Å². The average molecular weight is 347 g/mol. The molecule has 0 bridgehead atoms. The van der Waals surface area contributed by atoms with Gasteiger partial charge in [0.25, 0.3) is 0 Å². The first-order valence-electron chi connectivity index (χ1n) is 10.1. The lowest BCUT2D eigenvalue weighted by Gasteiger charge is -2.04. The first kappa shape index (κ1) is 25.6. The SMILES string of the molecule is CCCCCCCCCCCCCCCCCC(=O)OCCO.O. The summed E-state index contributed by atoms with van der Waals surface area (Å²) in [6.07, 6.45) is 20.4. The Labute approximate surface area is 149 Å². The molecule has 0 aromatic carbocycles. The summed E-state index contributed by atoms with van der Waals surface area (Å²) < 4.78 is 4.82. The molecule has 0 aromatic rings. The van der Waals surface area contributed by atoms with Crippen LogP contribution in [-0.2, 0) is 9.53 Å². The maximum Gasteiger partial charge on any atom is 0.305 e. The minimum absolute atomic E-state index is 0. The van der Waals surface area contributed by atoms with Crippen LogP contribution in [0.1, 0.15) is 110 Å². The van der Waals surface area contributed by atoms with Gasteiger partial charge in [-0.05, 0) is 6.42 Å². The molecule has 4 heteroatoms. The standard InChI is InChI=1S/C20H40O3.H2O/c1-2-3-4-5-6-7-8-9-10-11-12-13-14-15-16-17-20(22)23-19-18-21;/h21H,2-19H2,1H3;1H2. The number of esters is 1. The maximum absolute atomic E-state index is 11.2. The van der Waals surface area contributed by atoms with Crippen molar-refractivity contribution in [3.63, 3.8) is 0 Å². The van der Waals surface area contributed by atoms with Crippen LogP contribution < -0.4 is 0 Å². The number of unbranched alkanes of at least 4 members (excludes halogenated alkanes) is 14. The Morgan fingerprint density at radius 1 is 0.708 bits per heavy atom. The van der Waals surface area contributed by atoms with E-state index in [-0.39, 0.29) is 24.7 Å². The van der Waals surface area contributed by atoms with Gasteiger partial charge in [0, 0.05) is 6.42 Å². The van der Waals surface area contributed by atoms with Gasteiger partial charge in [-0.2, -0.15) is 0 Å². The van der Waals surface area contributed by atoms with Gasteiger partial charge in [-0.25, -0.2) is 0 Å². The molecule has 3 N–H and O–H groups in total. The number of hydrogen-bond donors (Lipinski definition) is 1. The third-order valence-electron chi connectivity index (χ3n) is 4.34. The van der Waals surface area contributed by atoms with Gasteiger partial charge in [0.1, 0.15) is 6.61 Å². The van der Waals surface area contributed by atoms with Crippen molar-refractivity contribution in [1.82, 2.24) is 0 Å². The summed E-state index contributed by atoms with van der Waals surface area (Å²) in [5.74, 6) is -0.172. The fourth-order valence-corrected chi connectivity index (χ4v) is 2.87. The Hall–Kier alpha value is -0.610. The summed E-state index contributed by atoms with van der Waals surface area (Å²) in [6.45, 7) is 2.33. The Bertz CT molecular complexity index is 244. The summed E-state index contributed by atoms with van der Waals surface area (Å²) in [5.41, 5.74) is 0. The predicted octanol–water partition coefficient (Wildman–Crippen LogP) is 4.96. The van der Waals surface area contributed by atoms with Crippen molar-refractivity contribution in [1.29, 1.82) is 0 Å². The minimum atomic E-state index is -0.172. The van der Waals surface area contributed by atoms with Crippen molar-refractivity contribution in [2.45, 2.75) is 110 Å². The molecule has 0 fully saturated rings. The molecule has 0 aliphatic heterocycles. The van der Waals surface area contributed by atoms with Gasteiger partial charge < -0.3 is 15.3 Å². The topological polar surface area (TPSA) is 78.0 Å². The highest BCUT2D eigenvalue weighted by Gasteiger charge is 2.01. The molecule has 4 nitrogen and oxygen atoms in total. The van der Waals surface area contributed by atoms with Crippen LogP contribution in [0.3, 0.4) is 0 Å². The molecule has 0 aliphatic carbocycles. The lowest BCUT2D eigenvalue weighted by molar-refractivity contribution is -0.144. The second-order valence-corrected chi connectivity index (χ2v) is 6.64. The van der Waals surface area contributed by atoms with Crippen LogP contribution in [0.2, 0.25) is 0 Å². The van der Waals surface area contributed by atoms with Crippen molar-refractivity contribution in [3.8, 4) is 0 Å². The number of rotatable bonds is 18. The smallest absolute Gasteiger partial charge is 0.305 e. The van der Waals surface area contributed by atoms with Crippen LogP contribution in [0.5, 0.6) is 0 Å². The van der Waals surface area contributed by atoms with Crippen LogP contribution in [-0.4, -0.2) is 29.8 Å². The number of aliphatic hydroxyl groups excluding tert-OH is 1. The fourth-order valence-electron chi connectivity index (χ4n) is 2.87. The van der Waals surface area contributed by atoms with Crippen LogP contribution in [0, 0.1) is 0 Å². The number of carbonyl (C=O) groups excluding carboxylic acids is 1. The zero-order valence-corrected chi connectivity index (χ0v) is 16.0. The van der Waals surface area contributed by atoms with Gasteiger partial charge in [-0.15, -0.1) is 0 Å². The Balaban J connectivity index is 0. The Kier molecular flexibility index (Phi) is 23.9. The molecular formula is C20H42O4. The quantitative estimate of drug-likeness (QED) is 0.281. The molecule has 0 radical (unpaired) electrons. The van der Waals surface area contributed by atoms with Gasteiger partial charge in [0.15, 0.2) is 0 Å². The third kappa shape index (κ3) is 21.4. The first-order chi connectivity index (χ1) is 11.3. The molecule has 24 heavy (non-hydrogen) atoms. The molecule has 0 saturated heterocycles. The molecule has 146 valence electrons. The predicted molar refractivity (Wildman–Crippen MR) is 101 cm³/mol. The van der Waals surface area contributed by atoms with Crippen LogP contribution in [0.25, 0.3) is 0 Å². The van der Waals surface area contributed by atoms with Gasteiger partial charge in [0.2, 0.25) is 0 Å². The molecule has 0 saturated carbocycles. The van der Waals surface area contributed by atoms with Crippen molar-refractivity contribution in [2.75, 3.05) is 13.2 Å². The zero-order valence-electron chi connectivity index (χ0n) is 16.0. The molecule has 0 spiro atoms. The van der Waals surface area contributed by atoms with E-state index >= 15 is 0 Å². The highest BCUT2D eigenvalue weighted by molar-refractivity contribution is 5.69. The van der Waals surface area contributed by atoms with E-state index in [1.54, 1.807) is 0 Å². The van der Waals surface area contributed by atoms with Crippen molar-refractivity contribution in [2.24, 2.45) is 0 Å². The summed E-state index contributed by atoms with van der Waals surface area (Å²) >= 11 is 0. The average Bonchev–Trinajstić information content (AvgIpc) is 2.56.